The van der Waals surface area contributed by atoms with Crippen molar-refractivity contribution in [2.45, 2.75) is 39.2 Å². The summed E-state index contributed by atoms with van der Waals surface area (Å²) in [4.78, 5) is 6.36. The van der Waals surface area contributed by atoms with Crippen molar-refractivity contribution in [2.24, 2.45) is 16.6 Å². The normalized spacial score (nSPS) is 15.9. The van der Waals surface area contributed by atoms with Crippen LogP contribution in [0, 0.1) is 5.92 Å². The van der Waals surface area contributed by atoms with Gasteiger partial charge in [-0.15, -0.1) is 24.0 Å². The van der Waals surface area contributed by atoms with Gasteiger partial charge in [-0.25, -0.2) is 0 Å². The topological polar surface area (TPSA) is 50.9 Å². The van der Waals surface area contributed by atoms with E-state index >= 15 is 0 Å². The highest BCUT2D eigenvalue weighted by atomic mass is 127. The zero-order valence-electron chi connectivity index (χ0n) is 11.2. The van der Waals surface area contributed by atoms with Crippen LogP contribution in [0.5, 0.6) is 0 Å². The average Bonchev–Trinajstić information content (AvgIpc) is 3.05. The van der Waals surface area contributed by atoms with Crippen LogP contribution in [-0.2, 0) is 4.74 Å². The largest absolute Gasteiger partial charge is 0.380 e. The molecule has 0 aromatic carbocycles. The molecule has 0 unspecified atom stereocenters. The molecule has 1 aliphatic rings. The fourth-order valence-corrected chi connectivity index (χ4v) is 1.41. The maximum Gasteiger partial charge on any atom is 0.191 e. The lowest BCUT2D eigenvalue weighted by Crippen LogP contribution is -2.36. The molecular weight excluding hydrogens is 329 g/mol. The van der Waals surface area contributed by atoms with Gasteiger partial charge >= 0.3 is 0 Å². The minimum Gasteiger partial charge on any atom is -0.380 e. The van der Waals surface area contributed by atoms with Crippen LogP contribution in [0.25, 0.3) is 0 Å². The molecule has 0 heterocycles. The van der Waals surface area contributed by atoms with E-state index in [4.69, 9.17) is 10.5 Å². The van der Waals surface area contributed by atoms with Crippen LogP contribution in [0.2, 0.25) is 0 Å². The molecule has 0 aliphatic heterocycles. The number of nitrogens with zero attached hydrogens (tertiary/aromatic N) is 2. The molecule has 1 rings (SSSR count). The first kappa shape index (κ1) is 17.0. The number of ether oxygens (including phenoxy) is 1. The molecule has 0 saturated heterocycles. The van der Waals surface area contributed by atoms with Gasteiger partial charge in [0.25, 0.3) is 0 Å². The smallest absolute Gasteiger partial charge is 0.191 e. The molecule has 0 aromatic rings. The Morgan fingerprint density at radius 1 is 1.41 bits per heavy atom. The first-order chi connectivity index (χ1) is 7.61. The summed E-state index contributed by atoms with van der Waals surface area (Å²) in [5.74, 6) is 1.35. The predicted octanol–water partition coefficient (Wildman–Crippen LogP) is 2.08. The summed E-state index contributed by atoms with van der Waals surface area (Å²) in [6.45, 7) is 6.56. The molecule has 1 fully saturated rings. The van der Waals surface area contributed by atoms with Crippen molar-refractivity contribution in [1.82, 2.24) is 4.90 Å². The van der Waals surface area contributed by atoms with Gasteiger partial charge in [-0.3, -0.25) is 4.99 Å². The number of hydrogen-bond acceptors (Lipinski definition) is 2. The van der Waals surface area contributed by atoms with Gasteiger partial charge < -0.3 is 15.4 Å². The van der Waals surface area contributed by atoms with Gasteiger partial charge in [-0.2, -0.15) is 0 Å². The lowest BCUT2D eigenvalue weighted by atomic mass is 10.1. The van der Waals surface area contributed by atoms with Gasteiger partial charge in [0.1, 0.15) is 0 Å². The Morgan fingerprint density at radius 2 is 2.06 bits per heavy atom. The van der Waals surface area contributed by atoms with Crippen molar-refractivity contribution < 1.29 is 4.74 Å². The third kappa shape index (κ3) is 7.81. The molecule has 5 heteroatoms. The van der Waals surface area contributed by atoms with Crippen LogP contribution in [-0.4, -0.2) is 43.7 Å². The van der Waals surface area contributed by atoms with E-state index in [2.05, 4.69) is 23.7 Å². The summed E-state index contributed by atoms with van der Waals surface area (Å²) < 4.78 is 5.47. The van der Waals surface area contributed by atoms with Crippen LogP contribution < -0.4 is 5.73 Å². The maximum atomic E-state index is 5.84. The second-order valence-corrected chi connectivity index (χ2v) is 4.88. The Morgan fingerprint density at radius 3 is 2.59 bits per heavy atom. The fraction of sp³-hybridized carbons (Fsp3) is 0.917. The van der Waals surface area contributed by atoms with E-state index in [1.807, 2.05) is 7.05 Å². The van der Waals surface area contributed by atoms with Gasteiger partial charge in [0.15, 0.2) is 5.96 Å². The van der Waals surface area contributed by atoms with Gasteiger partial charge in [0, 0.05) is 19.7 Å². The third-order valence-corrected chi connectivity index (χ3v) is 2.80. The van der Waals surface area contributed by atoms with E-state index in [1.165, 1.54) is 12.8 Å². The quantitative estimate of drug-likeness (QED) is 0.329. The van der Waals surface area contributed by atoms with Crippen molar-refractivity contribution in [1.29, 1.82) is 0 Å². The highest BCUT2D eigenvalue weighted by molar-refractivity contribution is 14.0. The Hall–Kier alpha value is -0.0400. The minimum atomic E-state index is 0. The number of aliphatic imine (C=N–C) groups is 1. The van der Waals surface area contributed by atoms with Crippen LogP contribution in [0.1, 0.15) is 33.1 Å². The van der Waals surface area contributed by atoms with Gasteiger partial charge in [-0.05, 0) is 25.2 Å². The monoisotopic (exact) mass is 355 g/mol. The molecule has 0 aromatic heterocycles. The number of halogens is 1. The minimum absolute atomic E-state index is 0. The summed E-state index contributed by atoms with van der Waals surface area (Å²) in [5, 5.41) is 0. The Kier molecular flexibility index (Phi) is 8.94. The predicted molar refractivity (Wildman–Crippen MR) is 83.0 cm³/mol. The summed E-state index contributed by atoms with van der Waals surface area (Å²) in [7, 11) is 2.01. The molecule has 0 atom stereocenters. The van der Waals surface area contributed by atoms with Gasteiger partial charge in [0.2, 0.25) is 0 Å². The van der Waals surface area contributed by atoms with E-state index < -0.39 is 0 Å². The van der Waals surface area contributed by atoms with Crippen LogP contribution in [0.3, 0.4) is 0 Å². The Balaban J connectivity index is 0.00000256. The molecule has 0 bridgehead atoms. The van der Waals surface area contributed by atoms with E-state index in [0.29, 0.717) is 31.1 Å². The van der Waals surface area contributed by atoms with Crippen molar-refractivity contribution in [3.63, 3.8) is 0 Å². The van der Waals surface area contributed by atoms with Crippen molar-refractivity contribution >= 4 is 29.9 Å². The van der Waals surface area contributed by atoms with Gasteiger partial charge in [0.05, 0.1) is 13.2 Å². The van der Waals surface area contributed by atoms with Crippen LogP contribution in [0.15, 0.2) is 4.99 Å². The Labute approximate surface area is 122 Å². The second kappa shape index (κ2) is 8.97. The molecule has 17 heavy (non-hydrogen) atoms. The molecule has 0 amide bonds. The lowest BCUT2D eigenvalue weighted by molar-refractivity contribution is 0.130. The van der Waals surface area contributed by atoms with Crippen molar-refractivity contribution in [3.8, 4) is 0 Å². The van der Waals surface area contributed by atoms with E-state index in [-0.39, 0.29) is 24.0 Å². The lowest BCUT2D eigenvalue weighted by Gasteiger charge is -2.16. The number of rotatable bonds is 7. The average molecular weight is 355 g/mol. The number of hydrogen-bond donors (Lipinski definition) is 1. The number of nitrogens with two attached hydrogens (primary N) is 1. The zero-order valence-corrected chi connectivity index (χ0v) is 13.5. The molecule has 0 spiro atoms. The third-order valence-electron chi connectivity index (χ3n) is 2.80. The molecule has 1 aliphatic carbocycles. The Bertz CT molecular complexity index is 230. The first-order valence-corrected chi connectivity index (χ1v) is 6.21. The second-order valence-electron chi connectivity index (χ2n) is 4.88. The summed E-state index contributed by atoms with van der Waals surface area (Å²) >= 11 is 0. The van der Waals surface area contributed by atoms with Crippen LogP contribution >= 0.6 is 24.0 Å². The molecular formula is C12H26IN3O. The molecule has 2 N–H and O–H groups in total. The molecule has 102 valence electrons. The van der Waals surface area contributed by atoms with E-state index in [9.17, 15) is 0 Å². The van der Waals surface area contributed by atoms with E-state index in [0.717, 1.165) is 13.0 Å². The SMILES string of the molecule is CC(C)CCOCCN=C(N)N(C)C1CC1.I. The standard InChI is InChI=1S/C12H25N3O.HI/c1-10(2)6-8-16-9-7-14-12(13)15(3)11-4-5-11;/h10-11H,4-9H2,1-3H3,(H2,13,14);1H. The number of guanidine groups is 1. The van der Waals surface area contributed by atoms with Crippen molar-refractivity contribution in [3.05, 3.63) is 0 Å². The highest BCUT2D eigenvalue weighted by Gasteiger charge is 2.27. The maximum absolute atomic E-state index is 5.84. The summed E-state index contributed by atoms with van der Waals surface area (Å²) in [5.41, 5.74) is 5.84. The summed E-state index contributed by atoms with van der Waals surface area (Å²) in [6.07, 6.45) is 3.61. The zero-order chi connectivity index (χ0) is 12.0. The molecule has 0 radical (unpaired) electrons. The fourth-order valence-electron chi connectivity index (χ4n) is 1.41. The molecule has 1 saturated carbocycles. The van der Waals surface area contributed by atoms with Crippen molar-refractivity contribution in [2.75, 3.05) is 26.8 Å². The molecule has 4 nitrogen and oxygen atoms in total. The van der Waals surface area contributed by atoms with E-state index in [1.54, 1.807) is 0 Å². The first-order valence-electron chi connectivity index (χ1n) is 6.21. The van der Waals surface area contributed by atoms with Crippen LogP contribution in [0.4, 0.5) is 0 Å². The highest BCUT2D eigenvalue weighted by Crippen LogP contribution is 2.24. The van der Waals surface area contributed by atoms with Gasteiger partial charge in [-0.1, -0.05) is 13.8 Å². The summed E-state index contributed by atoms with van der Waals surface area (Å²) in [6, 6.07) is 0.630.